The second-order valence-corrected chi connectivity index (χ2v) is 4.37. The molecule has 1 aromatic carbocycles. The highest BCUT2D eigenvalue weighted by Crippen LogP contribution is 2.10. The number of para-hydroxylation sites is 1. The number of benzene rings is 1. The molecule has 90 valence electrons. The van der Waals surface area contributed by atoms with Crippen molar-refractivity contribution in [2.75, 3.05) is 7.05 Å². The van der Waals surface area contributed by atoms with Crippen LogP contribution in [0.2, 0.25) is 0 Å². The maximum absolute atomic E-state index is 11.7. The average Bonchev–Trinajstić information content (AvgIpc) is 2.38. The Morgan fingerprint density at radius 1 is 1.29 bits per heavy atom. The number of fused-ring (bicyclic) bond motifs is 1. The number of aromatic nitrogens is 1. The molecule has 3 heteroatoms. The van der Waals surface area contributed by atoms with Crippen LogP contribution in [-0.4, -0.2) is 17.7 Å². The van der Waals surface area contributed by atoms with Gasteiger partial charge < -0.3 is 9.88 Å². The first-order valence-corrected chi connectivity index (χ1v) is 5.98. The molecule has 0 bridgehead atoms. The molecule has 17 heavy (non-hydrogen) atoms. The predicted octanol–water partition coefficient (Wildman–Crippen LogP) is 2.00. The largest absolute Gasteiger partial charge is 0.347 e. The van der Waals surface area contributed by atoms with Crippen LogP contribution >= 0.6 is 0 Å². The fraction of sp³-hybridized carbons (Fsp3) is 0.357. The van der Waals surface area contributed by atoms with Crippen molar-refractivity contribution in [2.24, 2.45) is 0 Å². The minimum atomic E-state index is 0.0958. The van der Waals surface area contributed by atoms with Crippen LogP contribution in [0.5, 0.6) is 0 Å². The van der Waals surface area contributed by atoms with E-state index in [1.165, 1.54) is 0 Å². The van der Waals surface area contributed by atoms with E-state index < -0.39 is 0 Å². The minimum Gasteiger partial charge on any atom is -0.347 e. The Kier molecular flexibility index (Phi) is 3.59. The van der Waals surface area contributed by atoms with E-state index in [0.717, 1.165) is 23.9 Å². The van der Waals surface area contributed by atoms with Crippen molar-refractivity contribution in [1.82, 2.24) is 9.88 Å². The van der Waals surface area contributed by atoms with Crippen LogP contribution in [0.3, 0.4) is 0 Å². The maximum Gasteiger partial charge on any atom is 0.189 e. The molecule has 0 amide bonds. The molecule has 0 fully saturated rings. The molecule has 0 aliphatic carbocycles. The number of rotatable bonds is 4. The summed E-state index contributed by atoms with van der Waals surface area (Å²) in [4.78, 5) is 11.7. The van der Waals surface area contributed by atoms with E-state index >= 15 is 0 Å². The van der Waals surface area contributed by atoms with Crippen molar-refractivity contribution in [3.8, 4) is 0 Å². The first kappa shape index (κ1) is 11.9. The zero-order chi connectivity index (χ0) is 12.3. The van der Waals surface area contributed by atoms with Crippen LogP contribution in [0.4, 0.5) is 0 Å². The van der Waals surface area contributed by atoms with Gasteiger partial charge in [0.1, 0.15) is 0 Å². The highest BCUT2D eigenvalue weighted by Gasteiger charge is 2.03. The molecule has 1 atom stereocenters. The topological polar surface area (TPSA) is 34.0 Å². The Morgan fingerprint density at radius 3 is 2.82 bits per heavy atom. The van der Waals surface area contributed by atoms with Crippen LogP contribution in [0, 0.1) is 0 Å². The Labute approximate surface area is 101 Å². The van der Waals surface area contributed by atoms with Gasteiger partial charge in [-0.2, -0.15) is 0 Å². The number of hydrogen-bond donors (Lipinski definition) is 1. The van der Waals surface area contributed by atoms with Gasteiger partial charge in [-0.25, -0.2) is 0 Å². The van der Waals surface area contributed by atoms with Gasteiger partial charge in [0.15, 0.2) is 5.43 Å². The lowest BCUT2D eigenvalue weighted by Gasteiger charge is -2.14. The fourth-order valence-corrected chi connectivity index (χ4v) is 1.93. The molecule has 0 radical (unpaired) electrons. The van der Waals surface area contributed by atoms with Crippen LogP contribution in [0.15, 0.2) is 41.3 Å². The van der Waals surface area contributed by atoms with Crippen molar-refractivity contribution in [1.29, 1.82) is 0 Å². The average molecular weight is 230 g/mol. The van der Waals surface area contributed by atoms with Gasteiger partial charge >= 0.3 is 0 Å². The summed E-state index contributed by atoms with van der Waals surface area (Å²) >= 11 is 0. The lowest BCUT2D eigenvalue weighted by atomic mass is 10.2. The summed E-state index contributed by atoms with van der Waals surface area (Å²) in [6.07, 6.45) is 2.93. The standard InChI is InChI=1S/C14H18N2O/c1-11(15-2)7-9-16-10-8-14(17)12-5-3-4-6-13(12)16/h3-6,8,10-11,15H,7,9H2,1-2H3. The molecule has 2 aromatic rings. The molecule has 1 N–H and O–H groups in total. The number of pyridine rings is 1. The fourth-order valence-electron chi connectivity index (χ4n) is 1.93. The third-order valence-corrected chi connectivity index (χ3v) is 3.18. The van der Waals surface area contributed by atoms with Crippen molar-refractivity contribution in [3.63, 3.8) is 0 Å². The van der Waals surface area contributed by atoms with Crippen LogP contribution in [0.25, 0.3) is 10.9 Å². The van der Waals surface area contributed by atoms with Gasteiger partial charge in [-0.15, -0.1) is 0 Å². The second-order valence-electron chi connectivity index (χ2n) is 4.37. The molecular formula is C14H18N2O. The van der Waals surface area contributed by atoms with E-state index in [0.29, 0.717) is 6.04 Å². The lowest BCUT2D eigenvalue weighted by molar-refractivity contribution is 0.515. The van der Waals surface area contributed by atoms with Crippen LogP contribution < -0.4 is 10.7 Å². The summed E-state index contributed by atoms with van der Waals surface area (Å²) < 4.78 is 2.14. The summed E-state index contributed by atoms with van der Waals surface area (Å²) in [5, 5.41) is 4.02. The first-order valence-electron chi connectivity index (χ1n) is 5.98. The summed E-state index contributed by atoms with van der Waals surface area (Å²) in [5.41, 5.74) is 1.11. The molecule has 1 aromatic heterocycles. The summed E-state index contributed by atoms with van der Waals surface area (Å²) in [6.45, 7) is 3.08. The van der Waals surface area contributed by atoms with Gasteiger partial charge in [0.05, 0.1) is 5.52 Å². The van der Waals surface area contributed by atoms with E-state index in [-0.39, 0.29) is 5.43 Å². The van der Waals surface area contributed by atoms with Crippen molar-refractivity contribution in [3.05, 3.63) is 46.8 Å². The summed E-state index contributed by atoms with van der Waals surface area (Å²) in [6, 6.07) is 9.89. The van der Waals surface area contributed by atoms with Gasteiger partial charge in [-0.3, -0.25) is 4.79 Å². The minimum absolute atomic E-state index is 0.0958. The third kappa shape index (κ3) is 2.56. The summed E-state index contributed by atoms with van der Waals surface area (Å²) in [5.74, 6) is 0. The van der Waals surface area contributed by atoms with E-state index in [1.54, 1.807) is 6.07 Å². The highest BCUT2D eigenvalue weighted by atomic mass is 16.1. The van der Waals surface area contributed by atoms with Gasteiger partial charge in [-0.1, -0.05) is 12.1 Å². The highest BCUT2D eigenvalue weighted by molar-refractivity contribution is 5.78. The smallest absolute Gasteiger partial charge is 0.189 e. The monoisotopic (exact) mass is 230 g/mol. The number of nitrogens with zero attached hydrogens (tertiary/aromatic N) is 1. The molecule has 3 nitrogen and oxygen atoms in total. The zero-order valence-electron chi connectivity index (χ0n) is 10.3. The number of nitrogens with one attached hydrogen (secondary N) is 1. The van der Waals surface area contributed by atoms with E-state index in [1.807, 2.05) is 37.5 Å². The van der Waals surface area contributed by atoms with Crippen LogP contribution in [-0.2, 0) is 6.54 Å². The normalized spacial score (nSPS) is 12.8. The van der Waals surface area contributed by atoms with Gasteiger partial charge in [0.25, 0.3) is 0 Å². The van der Waals surface area contributed by atoms with Crippen LogP contribution in [0.1, 0.15) is 13.3 Å². The van der Waals surface area contributed by atoms with Gasteiger partial charge in [-0.05, 0) is 32.5 Å². The molecular weight excluding hydrogens is 212 g/mol. The molecule has 0 aliphatic rings. The first-order chi connectivity index (χ1) is 8.22. The molecule has 0 saturated carbocycles. The van der Waals surface area contributed by atoms with E-state index in [4.69, 9.17) is 0 Å². The Hall–Kier alpha value is -1.61. The quantitative estimate of drug-likeness (QED) is 0.871. The van der Waals surface area contributed by atoms with Gasteiger partial charge in [0.2, 0.25) is 0 Å². The summed E-state index contributed by atoms with van der Waals surface area (Å²) in [7, 11) is 1.97. The number of aryl methyl sites for hydroxylation is 1. The Morgan fingerprint density at radius 2 is 2.06 bits per heavy atom. The van der Waals surface area contributed by atoms with Crippen molar-refractivity contribution < 1.29 is 0 Å². The lowest BCUT2D eigenvalue weighted by Crippen LogP contribution is -2.23. The SMILES string of the molecule is CNC(C)CCn1ccc(=O)c2ccccc21. The molecule has 2 rings (SSSR count). The van der Waals surface area contributed by atoms with E-state index in [9.17, 15) is 4.79 Å². The second kappa shape index (κ2) is 5.15. The predicted molar refractivity (Wildman–Crippen MR) is 71.3 cm³/mol. The van der Waals surface area contributed by atoms with Crippen molar-refractivity contribution in [2.45, 2.75) is 25.9 Å². The Balaban J connectivity index is 2.35. The molecule has 0 aliphatic heterocycles. The maximum atomic E-state index is 11.7. The molecule has 0 spiro atoms. The molecule has 0 saturated heterocycles. The molecule has 1 heterocycles. The molecule has 1 unspecified atom stereocenters. The van der Waals surface area contributed by atoms with Gasteiger partial charge in [0, 0.05) is 30.2 Å². The Bertz CT molecular complexity index is 559. The van der Waals surface area contributed by atoms with E-state index in [2.05, 4.69) is 16.8 Å². The third-order valence-electron chi connectivity index (χ3n) is 3.18. The zero-order valence-corrected chi connectivity index (χ0v) is 10.3. The van der Waals surface area contributed by atoms with Crippen molar-refractivity contribution >= 4 is 10.9 Å². The number of hydrogen-bond acceptors (Lipinski definition) is 2.